The first kappa shape index (κ1) is 20.5. The first-order valence-electron chi connectivity index (χ1n) is 10.1. The third kappa shape index (κ3) is 4.86. The molecule has 0 unspecified atom stereocenters. The van der Waals surface area contributed by atoms with Crippen LogP contribution < -0.4 is 20.1 Å². The van der Waals surface area contributed by atoms with Gasteiger partial charge in [0.15, 0.2) is 16.7 Å². The van der Waals surface area contributed by atoms with Crippen LogP contribution in [-0.4, -0.2) is 45.7 Å². The maximum atomic E-state index is 12.2. The number of imide groups is 1. The van der Waals surface area contributed by atoms with Crippen LogP contribution in [0.25, 0.3) is 0 Å². The molecule has 160 valence electrons. The number of urea groups is 1. The molecule has 1 aliphatic carbocycles. The summed E-state index contributed by atoms with van der Waals surface area (Å²) in [5, 5.41) is 14.1. The van der Waals surface area contributed by atoms with Crippen LogP contribution in [0.1, 0.15) is 44.0 Å². The zero-order valence-corrected chi connectivity index (χ0v) is 17.7. The van der Waals surface area contributed by atoms with E-state index in [1.165, 1.54) is 31.0 Å². The number of aryl methyl sites for hydroxylation is 1. The molecule has 3 amide bonds. The van der Waals surface area contributed by atoms with E-state index in [-0.39, 0.29) is 5.75 Å². The Morgan fingerprint density at radius 1 is 1.13 bits per heavy atom. The van der Waals surface area contributed by atoms with E-state index in [9.17, 15) is 9.59 Å². The van der Waals surface area contributed by atoms with Crippen molar-refractivity contribution in [3.63, 3.8) is 0 Å². The Hall–Kier alpha value is -2.75. The molecule has 0 bridgehead atoms. The first-order chi connectivity index (χ1) is 14.6. The molecule has 0 radical (unpaired) electrons. The fourth-order valence-corrected chi connectivity index (χ4v) is 4.64. The topological polar surface area (TPSA) is 107 Å². The second-order valence-electron chi connectivity index (χ2n) is 7.34. The minimum Gasteiger partial charge on any atom is -0.486 e. The van der Waals surface area contributed by atoms with Crippen molar-refractivity contribution in [3.8, 4) is 11.5 Å². The molecule has 2 aromatic rings. The fourth-order valence-electron chi connectivity index (χ4n) is 3.78. The van der Waals surface area contributed by atoms with Gasteiger partial charge >= 0.3 is 6.03 Å². The summed E-state index contributed by atoms with van der Waals surface area (Å²) in [5.41, 5.74) is 0.518. The minimum atomic E-state index is -0.595. The first-order valence-corrected chi connectivity index (χ1v) is 11.1. The molecule has 2 heterocycles. The number of nitrogens with zero attached hydrogens (tertiary/aromatic N) is 3. The summed E-state index contributed by atoms with van der Waals surface area (Å²) < 4.78 is 13.1. The lowest BCUT2D eigenvalue weighted by Gasteiger charge is -2.24. The summed E-state index contributed by atoms with van der Waals surface area (Å²) in [7, 11) is 0. The molecular formula is C20H25N5O4S. The molecule has 9 nitrogen and oxygen atoms in total. The molecule has 0 saturated heterocycles. The molecule has 1 fully saturated rings. The second kappa shape index (κ2) is 9.38. The minimum absolute atomic E-state index is 0.0828. The zero-order valence-electron chi connectivity index (χ0n) is 16.8. The van der Waals surface area contributed by atoms with Crippen LogP contribution in [0.2, 0.25) is 0 Å². The third-order valence-corrected chi connectivity index (χ3v) is 6.10. The number of carbonyl (C=O) groups excluding carboxylic acids is 2. The van der Waals surface area contributed by atoms with E-state index in [0.29, 0.717) is 36.4 Å². The molecule has 2 aliphatic rings. The molecule has 1 saturated carbocycles. The highest BCUT2D eigenvalue weighted by atomic mass is 32.2. The van der Waals surface area contributed by atoms with E-state index in [1.54, 1.807) is 18.2 Å². The number of carbonyl (C=O) groups is 2. The van der Waals surface area contributed by atoms with Crippen molar-refractivity contribution in [2.45, 2.75) is 50.2 Å². The van der Waals surface area contributed by atoms with Crippen molar-refractivity contribution in [1.29, 1.82) is 0 Å². The summed E-state index contributed by atoms with van der Waals surface area (Å²) >= 11 is 1.30. The van der Waals surface area contributed by atoms with Crippen molar-refractivity contribution in [2.75, 3.05) is 24.3 Å². The monoisotopic (exact) mass is 431 g/mol. The van der Waals surface area contributed by atoms with Gasteiger partial charge in [-0.15, -0.1) is 10.2 Å². The van der Waals surface area contributed by atoms with E-state index < -0.39 is 11.9 Å². The number of hydrogen-bond donors (Lipinski definition) is 2. The smallest absolute Gasteiger partial charge is 0.325 e. The average molecular weight is 432 g/mol. The van der Waals surface area contributed by atoms with Gasteiger partial charge in [0.05, 0.1) is 5.75 Å². The molecule has 10 heteroatoms. The van der Waals surface area contributed by atoms with Gasteiger partial charge in [-0.3, -0.25) is 10.1 Å². The highest BCUT2D eigenvalue weighted by Gasteiger charge is 2.22. The van der Waals surface area contributed by atoms with E-state index >= 15 is 0 Å². The molecule has 0 atom stereocenters. The largest absolute Gasteiger partial charge is 0.486 e. The summed E-state index contributed by atoms with van der Waals surface area (Å²) in [5.74, 6) is 1.75. The summed E-state index contributed by atoms with van der Waals surface area (Å²) in [6.07, 6.45) is 5.88. The highest BCUT2D eigenvalue weighted by Crippen LogP contribution is 2.33. The van der Waals surface area contributed by atoms with Gasteiger partial charge in [0.1, 0.15) is 19.0 Å². The number of anilines is 1. The molecule has 4 rings (SSSR count). The van der Waals surface area contributed by atoms with E-state index in [1.807, 2.05) is 6.92 Å². The van der Waals surface area contributed by atoms with Crippen LogP contribution in [-0.2, 0) is 4.79 Å². The van der Waals surface area contributed by atoms with Crippen LogP contribution in [0.3, 0.4) is 0 Å². The van der Waals surface area contributed by atoms with Crippen molar-refractivity contribution >= 4 is 29.4 Å². The Bertz CT molecular complexity index is 926. The predicted octanol–water partition coefficient (Wildman–Crippen LogP) is 3.30. The molecule has 1 aliphatic heterocycles. The summed E-state index contributed by atoms with van der Waals surface area (Å²) in [6, 6.07) is 4.88. The normalized spacial score (nSPS) is 16.2. The molecular weight excluding hydrogens is 406 g/mol. The van der Waals surface area contributed by atoms with E-state index in [2.05, 4.69) is 25.4 Å². The van der Waals surface area contributed by atoms with E-state index in [4.69, 9.17) is 9.47 Å². The molecule has 1 aromatic carbocycles. The Labute approximate surface area is 178 Å². The maximum absolute atomic E-state index is 12.2. The number of ether oxygens (including phenoxy) is 2. The van der Waals surface area contributed by atoms with Crippen molar-refractivity contribution in [1.82, 2.24) is 20.1 Å². The predicted molar refractivity (Wildman–Crippen MR) is 112 cm³/mol. The third-order valence-electron chi connectivity index (χ3n) is 5.16. The lowest BCUT2D eigenvalue weighted by atomic mass is 9.95. The summed E-state index contributed by atoms with van der Waals surface area (Å²) in [4.78, 5) is 24.4. The van der Waals surface area contributed by atoms with Gasteiger partial charge in [-0.25, -0.2) is 4.79 Å². The summed E-state index contributed by atoms with van der Waals surface area (Å²) in [6.45, 7) is 2.90. The van der Waals surface area contributed by atoms with Gasteiger partial charge in [-0.1, -0.05) is 31.0 Å². The highest BCUT2D eigenvalue weighted by molar-refractivity contribution is 7.99. The van der Waals surface area contributed by atoms with Crippen LogP contribution in [0, 0.1) is 6.92 Å². The number of nitrogens with one attached hydrogen (secondary N) is 2. The number of benzene rings is 1. The van der Waals surface area contributed by atoms with Crippen molar-refractivity contribution in [2.24, 2.45) is 0 Å². The Balaban J connectivity index is 1.29. The fraction of sp³-hybridized carbons (Fsp3) is 0.500. The second-order valence-corrected chi connectivity index (χ2v) is 8.28. The number of rotatable bonds is 5. The SMILES string of the molecule is Cc1nnc(SCC(=O)NC(=O)Nc2ccc3c(c2)OCCO3)n1C1CCCCC1. The number of thioether (sulfide) groups is 1. The van der Waals surface area contributed by atoms with Gasteiger partial charge in [0.2, 0.25) is 5.91 Å². The Morgan fingerprint density at radius 2 is 1.90 bits per heavy atom. The van der Waals surface area contributed by atoms with E-state index in [0.717, 1.165) is 23.8 Å². The average Bonchev–Trinajstić information content (AvgIpc) is 3.13. The van der Waals surface area contributed by atoms with Crippen LogP contribution in [0.4, 0.5) is 10.5 Å². The Morgan fingerprint density at radius 3 is 2.70 bits per heavy atom. The van der Waals surface area contributed by atoms with Gasteiger partial charge in [-0.2, -0.15) is 0 Å². The van der Waals surface area contributed by atoms with Crippen molar-refractivity contribution < 1.29 is 19.1 Å². The van der Waals surface area contributed by atoms with Gasteiger partial charge in [0, 0.05) is 17.8 Å². The quantitative estimate of drug-likeness (QED) is 0.700. The standard InChI is InChI=1S/C20H25N5O4S/c1-13-23-24-20(25(13)15-5-3-2-4-6-15)30-12-18(26)22-19(27)21-14-7-8-16-17(11-14)29-10-9-28-16/h7-8,11,15H,2-6,9-10,12H2,1H3,(H2,21,22,26,27). The lowest BCUT2D eigenvalue weighted by Crippen LogP contribution is -2.35. The van der Waals surface area contributed by atoms with Crippen LogP contribution in [0.5, 0.6) is 11.5 Å². The molecule has 0 spiro atoms. The maximum Gasteiger partial charge on any atom is 0.325 e. The van der Waals surface area contributed by atoms with Crippen LogP contribution >= 0.6 is 11.8 Å². The van der Waals surface area contributed by atoms with Gasteiger partial charge in [0.25, 0.3) is 0 Å². The molecule has 2 N–H and O–H groups in total. The van der Waals surface area contributed by atoms with Crippen molar-refractivity contribution in [3.05, 3.63) is 24.0 Å². The molecule has 1 aromatic heterocycles. The number of fused-ring (bicyclic) bond motifs is 1. The Kier molecular flexibility index (Phi) is 6.41. The number of amides is 3. The lowest BCUT2D eigenvalue weighted by molar-refractivity contribution is -0.117. The van der Waals surface area contributed by atoms with Gasteiger partial charge < -0.3 is 19.4 Å². The van der Waals surface area contributed by atoms with Gasteiger partial charge in [-0.05, 0) is 31.9 Å². The van der Waals surface area contributed by atoms with Crippen LogP contribution in [0.15, 0.2) is 23.4 Å². The number of hydrogen-bond acceptors (Lipinski definition) is 7. The number of aromatic nitrogens is 3. The molecule has 30 heavy (non-hydrogen) atoms. The zero-order chi connectivity index (χ0) is 20.9.